The van der Waals surface area contributed by atoms with E-state index in [1.54, 1.807) is 11.8 Å². The summed E-state index contributed by atoms with van der Waals surface area (Å²) >= 11 is 0. The zero-order chi connectivity index (χ0) is 13.3. The first-order chi connectivity index (χ1) is 8.50. The van der Waals surface area contributed by atoms with Gasteiger partial charge in [0.05, 0.1) is 18.8 Å². The van der Waals surface area contributed by atoms with Gasteiger partial charge in [-0.05, 0) is 19.1 Å². The molecule has 6 heteroatoms. The van der Waals surface area contributed by atoms with Crippen molar-refractivity contribution >= 4 is 11.7 Å². The number of halogens is 2. The quantitative estimate of drug-likeness (QED) is 0.879. The summed E-state index contributed by atoms with van der Waals surface area (Å²) in [6.07, 6.45) is 0. The van der Waals surface area contributed by atoms with E-state index in [4.69, 9.17) is 9.84 Å². The zero-order valence-corrected chi connectivity index (χ0v) is 9.82. The van der Waals surface area contributed by atoms with Gasteiger partial charge in [-0.1, -0.05) is 0 Å². The number of carbonyl (C=O) groups is 1. The Morgan fingerprint density at radius 3 is 2.56 bits per heavy atom. The van der Waals surface area contributed by atoms with Crippen LogP contribution < -0.4 is 4.90 Å². The van der Waals surface area contributed by atoms with E-state index in [0.29, 0.717) is 19.8 Å². The minimum atomic E-state index is -1.35. The number of hydrogen-bond acceptors (Lipinski definition) is 3. The SMILES string of the molecule is CC1COCCN1c1c(F)cc(C(=O)O)cc1F. The molecule has 0 aliphatic carbocycles. The first-order valence-corrected chi connectivity index (χ1v) is 5.57. The molecular weight excluding hydrogens is 244 g/mol. The maximum Gasteiger partial charge on any atom is 0.335 e. The topological polar surface area (TPSA) is 49.8 Å². The number of rotatable bonds is 2. The van der Waals surface area contributed by atoms with Gasteiger partial charge >= 0.3 is 5.97 Å². The van der Waals surface area contributed by atoms with Crippen molar-refractivity contribution in [2.24, 2.45) is 0 Å². The molecule has 0 saturated carbocycles. The van der Waals surface area contributed by atoms with Gasteiger partial charge in [0.1, 0.15) is 17.3 Å². The molecule has 1 aliphatic heterocycles. The van der Waals surface area contributed by atoms with Crippen LogP contribution in [0.1, 0.15) is 17.3 Å². The molecule has 1 atom stereocenters. The van der Waals surface area contributed by atoms with Crippen LogP contribution in [0, 0.1) is 11.6 Å². The van der Waals surface area contributed by atoms with Gasteiger partial charge in [0, 0.05) is 12.6 Å². The Kier molecular flexibility index (Phi) is 3.47. The summed E-state index contributed by atoms with van der Waals surface area (Å²) in [6.45, 7) is 2.95. The summed E-state index contributed by atoms with van der Waals surface area (Å²) in [5.74, 6) is -3.07. The third kappa shape index (κ3) is 2.28. The predicted molar refractivity (Wildman–Crippen MR) is 60.9 cm³/mol. The van der Waals surface area contributed by atoms with Crippen LogP contribution in [0.2, 0.25) is 0 Å². The fourth-order valence-electron chi connectivity index (χ4n) is 2.02. The molecule has 1 saturated heterocycles. The van der Waals surface area contributed by atoms with E-state index in [2.05, 4.69) is 0 Å². The van der Waals surface area contributed by atoms with Gasteiger partial charge in [0.15, 0.2) is 0 Å². The fourth-order valence-corrected chi connectivity index (χ4v) is 2.02. The van der Waals surface area contributed by atoms with E-state index >= 15 is 0 Å². The van der Waals surface area contributed by atoms with Gasteiger partial charge in [0.25, 0.3) is 0 Å². The highest BCUT2D eigenvalue weighted by atomic mass is 19.1. The number of ether oxygens (including phenoxy) is 1. The molecule has 0 aromatic heterocycles. The summed E-state index contributed by atoms with van der Waals surface area (Å²) in [5, 5.41) is 8.72. The van der Waals surface area contributed by atoms with Crippen LogP contribution in [0.3, 0.4) is 0 Å². The van der Waals surface area contributed by atoms with Gasteiger partial charge in [-0.3, -0.25) is 0 Å². The van der Waals surface area contributed by atoms with Gasteiger partial charge in [-0.25, -0.2) is 13.6 Å². The molecule has 4 nitrogen and oxygen atoms in total. The molecule has 1 heterocycles. The lowest BCUT2D eigenvalue weighted by molar-refractivity contribution is 0.0695. The normalized spacial score (nSPS) is 19.9. The Balaban J connectivity index is 2.41. The van der Waals surface area contributed by atoms with Crippen LogP contribution in [0.5, 0.6) is 0 Å². The standard InChI is InChI=1S/C12H13F2NO3/c1-7-6-18-3-2-15(7)11-9(13)4-8(12(16)17)5-10(11)14/h4-5,7H,2-3,6H2,1H3,(H,16,17). The lowest BCUT2D eigenvalue weighted by atomic mass is 10.1. The van der Waals surface area contributed by atoms with Crippen LogP contribution in [-0.4, -0.2) is 36.9 Å². The highest BCUT2D eigenvalue weighted by Gasteiger charge is 2.26. The molecular formula is C12H13F2NO3. The zero-order valence-electron chi connectivity index (χ0n) is 9.82. The van der Waals surface area contributed by atoms with Crippen molar-refractivity contribution in [3.05, 3.63) is 29.3 Å². The van der Waals surface area contributed by atoms with Crippen molar-refractivity contribution in [3.8, 4) is 0 Å². The van der Waals surface area contributed by atoms with E-state index in [-0.39, 0.29) is 11.7 Å². The van der Waals surface area contributed by atoms with Crippen LogP contribution in [0.15, 0.2) is 12.1 Å². The van der Waals surface area contributed by atoms with Gasteiger partial charge in [-0.2, -0.15) is 0 Å². The molecule has 2 rings (SSSR count). The second-order valence-corrected chi connectivity index (χ2v) is 4.21. The lowest BCUT2D eigenvalue weighted by Gasteiger charge is -2.35. The van der Waals surface area contributed by atoms with E-state index in [1.165, 1.54) is 0 Å². The van der Waals surface area contributed by atoms with Crippen molar-refractivity contribution < 1.29 is 23.4 Å². The van der Waals surface area contributed by atoms with Crippen molar-refractivity contribution in [3.63, 3.8) is 0 Å². The third-order valence-electron chi connectivity index (χ3n) is 2.92. The second kappa shape index (κ2) is 4.89. The Labute approximate surface area is 103 Å². The summed E-state index contributed by atoms with van der Waals surface area (Å²) in [6, 6.07) is 1.52. The van der Waals surface area contributed by atoms with E-state index in [1.807, 2.05) is 0 Å². The molecule has 1 fully saturated rings. The number of carboxylic acids is 1. The summed E-state index contributed by atoms with van der Waals surface area (Å²) in [4.78, 5) is 12.2. The third-order valence-corrected chi connectivity index (χ3v) is 2.92. The molecule has 0 bridgehead atoms. The van der Waals surface area contributed by atoms with Crippen molar-refractivity contribution in [2.45, 2.75) is 13.0 Å². The average Bonchev–Trinajstić information content (AvgIpc) is 2.30. The number of aromatic carboxylic acids is 1. The Bertz CT molecular complexity index is 455. The van der Waals surface area contributed by atoms with Gasteiger partial charge in [0.2, 0.25) is 0 Å². The lowest BCUT2D eigenvalue weighted by Crippen LogP contribution is -2.44. The summed E-state index contributed by atoms with van der Waals surface area (Å²) in [5.41, 5.74) is -0.578. The first-order valence-electron chi connectivity index (χ1n) is 5.57. The molecule has 1 aromatic carbocycles. The molecule has 98 valence electrons. The number of morpholine rings is 1. The molecule has 0 spiro atoms. The average molecular weight is 257 g/mol. The number of benzene rings is 1. The maximum atomic E-state index is 13.8. The molecule has 1 N–H and O–H groups in total. The van der Waals surface area contributed by atoms with Crippen LogP contribution in [0.25, 0.3) is 0 Å². The Morgan fingerprint density at radius 2 is 2.06 bits per heavy atom. The smallest absolute Gasteiger partial charge is 0.335 e. The Hall–Kier alpha value is -1.69. The minimum Gasteiger partial charge on any atom is -0.478 e. The van der Waals surface area contributed by atoms with Crippen molar-refractivity contribution in [1.82, 2.24) is 0 Å². The minimum absolute atomic E-state index is 0.154. The second-order valence-electron chi connectivity index (χ2n) is 4.21. The van der Waals surface area contributed by atoms with Crippen LogP contribution in [0.4, 0.5) is 14.5 Å². The van der Waals surface area contributed by atoms with Gasteiger partial charge < -0.3 is 14.7 Å². The van der Waals surface area contributed by atoms with E-state index in [0.717, 1.165) is 12.1 Å². The highest BCUT2D eigenvalue weighted by Crippen LogP contribution is 2.27. The molecule has 18 heavy (non-hydrogen) atoms. The van der Waals surface area contributed by atoms with Crippen LogP contribution >= 0.6 is 0 Å². The molecule has 0 radical (unpaired) electrons. The largest absolute Gasteiger partial charge is 0.478 e. The Morgan fingerprint density at radius 1 is 1.44 bits per heavy atom. The number of nitrogens with zero attached hydrogens (tertiary/aromatic N) is 1. The first kappa shape index (κ1) is 12.8. The van der Waals surface area contributed by atoms with E-state index in [9.17, 15) is 13.6 Å². The van der Waals surface area contributed by atoms with Crippen molar-refractivity contribution in [2.75, 3.05) is 24.7 Å². The molecule has 1 aromatic rings. The predicted octanol–water partition coefficient (Wildman–Crippen LogP) is 1.89. The number of carboxylic acid groups (broad SMARTS) is 1. The number of anilines is 1. The molecule has 0 amide bonds. The summed E-state index contributed by atoms with van der Waals surface area (Å²) in [7, 11) is 0. The monoisotopic (exact) mass is 257 g/mol. The molecule has 1 aliphatic rings. The fraction of sp³-hybridized carbons (Fsp3) is 0.417. The number of hydrogen-bond donors (Lipinski definition) is 1. The molecule has 1 unspecified atom stereocenters. The maximum absolute atomic E-state index is 13.8. The van der Waals surface area contributed by atoms with Crippen molar-refractivity contribution in [1.29, 1.82) is 0 Å². The van der Waals surface area contributed by atoms with Crippen LogP contribution in [-0.2, 0) is 4.74 Å². The highest BCUT2D eigenvalue weighted by molar-refractivity contribution is 5.88. The van der Waals surface area contributed by atoms with E-state index < -0.39 is 23.2 Å². The van der Waals surface area contributed by atoms with Gasteiger partial charge in [-0.15, -0.1) is 0 Å². The summed E-state index contributed by atoms with van der Waals surface area (Å²) < 4.78 is 32.9.